The van der Waals surface area contributed by atoms with Crippen LogP contribution in [0.15, 0.2) is 16.9 Å². The molecule has 0 saturated heterocycles. The molecule has 0 aliphatic heterocycles. The van der Waals surface area contributed by atoms with Crippen LogP contribution in [0.25, 0.3) is 0 Å². The van der Waals surface area contributed by atoms with E-state index in [1.807, 2.05) is 0 Å². The maximum Gasteiger partial charge on any atom is 0.264 e. The second kappa shape index (κ2) is 7.19. The maximum absolute atomic E-state index is 11.9. The number of nitrogens with two attached hydrogens (primary N) is 1. The number of carbonyl (C=O) groups excluding carboxylic acids is 1. The summed E-state index contributed by atoms with van der Waals surface area (Å²) in [6.45, 7) is 7.11. The first-order valence-electron chi connectivity index (χ1n) is 6.88. The first-order chi connectivity index (χ1) is 9.32. The van der Waals surface area contributed by atoms with Crippen LogP contribution in [0.4, 0.5) is 5.82 Å². The van der Waals surface area contributed by atoms with E-state index in [0.717, 1.165) is 12.8 Å². The van der Waals surface area contributed by atoms with Crippen LogP contribution in [0.1, 0.15) is 40.0 Å². The molecule has 0 fully saturated rings. The second-order valence-corrected chi connectivity index (χ2v) is 6.03. The predicted octanol–water partition coefficient (Wildman–Crippen LogP) is 1.50. The number of aromatic nitrogens is 2. The van der Waals surface area contributed by atoms with Gasteiger partial charge in [0.1, 0.15) is 0 Å². The number of hydrogen-bond donors (Lipinski definition) is 3. The van der Waals surface area contributed by atoms with Crippen LogP contribution in [-0.2, 0) is 4.79 Å². The number of aromatic amines is 1. The third-order valence-electron chi connectivity index (χ3n) is 3.41. The van der Waals surface area contributed by atoms with Crippen LogP contribution in [0.5, 0.6) is 0 Å². The molecule has 0 aromatic carbocycles. The highest BCUT2D eigenvalue weighted by Crippen LogP contribution is 2.32. The number of rotatable bonds is 6. The minimum Gasteiger partial charge on any atom is -0.330 e. The van der Waals surface area contributed by atoms with E-state index in [1.165, 1.54) is 12.1 Å². The highest BCUT2D eigenvalue weighted by atomic mass is 16.1. The smallest absolute Gasteiger partial charge is 0.264 e. The van der Waals surface area contributed by atoms with Gasteiger partial charge in [-0.25, -0.2) is 5.10 Å². The van der Waals surface area contributed by atoms with Crippen LogP contribution in [0.2, 0.25) is 0 Å². The molecule has 0 aliphatic rings. The topological polar surface area (TPSA) is 101 Å². The fourth-order valence-corrected chi connectivity index (χ4v) is 2.14. The van der Waals surface area contributed by atoms with Crippen molar-refractivity contribution in [1.29, 1.82) is 0 Å². The molecule has 1 rings (SSSR count). The summed E-state index contributed by atoms with van der Waals surface area (Å²) >= 11 is 0. The Labute approximate surface area is 119 Å². The molecule has 6 heteroatoms. The minimum atomic E-state index is -0.293. The number of nitrogens with zero attached hydrogens (tertiary/aromatic N) is 1. The highest BCUT2D eigenvalue weighted by molar-refractivity contribution is 5.89. The molecule has 1 aromatic heterocycles. The van der Waals surface area contributed by atoms with Crippen molar-refractivity contribution in [1.82, 2.24) is 10.2 Å². The summed E-state index contributed by atoms with van der Waals surface area (Å²) in [6, 6.07) is 2.81. The number of H-pyrrole nitrogens is 1. The number of nitrogens with one attached hydrogen (secondary N) is 2. The lowest BCUT2D eigenvalue weighted by Gasteiger charge is -2.30. The molecule has 0 radical (unpaired) electrons. The van der Waals surface area contributed by atoms with E-state index >= 15 is 0 Å². The molecule has 4 N–H and O–H groups in total. The van der Waals surface area contributed by atoms with E-state index < -0.39 is 0 Å². The number of anilines is 1. The van der Waals surface area contributed by atoms with Gasteiger partial charge in [0.25, 0.3) is 5.56 Å². The summed E-state index contributed by atoms with van der Waals surface area (Å²) < 4.78 is 0. The van der Waals surface area contributed by atoms with Gasteiger partial charge in [0, 0.05) is 12.5 Å². The Balaban J connectivity index is 2.49. The molecule has 0 spiro atoms. The first kappa shape index (κ1) is 16.4. The van der Waals surface area contributed by atoms with Crippen molar-refractivity contribution in [3.8, 4) is 0 Å². The van der Waals surface area contributed by atoms with E-state index in [0.29, 0.717) is 24.7 Å². The van der Waals surface area contributed by atoms with Crippen molar-refractivity contribution in [3.63, 3.8) is 0 Å². The lowest BCUT2D eigenvalue weighted by molar-refractivity contribution is -0.116. The lowest BCUT2D eigenvalue weighted by atomic mass is 9.76. The van der Waals surface area contributed by atoms with Gasteiger partial charge < -0.3 is 11.1 Å². The summed E-state index contributed by atoms with van der Waals surface area (Å²) in [5.74, 6) is 0.665. The Kier molecular flexibility index (Phi) is 5.88. The molecule has 0 saturated carbocycles. The van der Waals surface area contributed by atoms with Gasteiger partial charge in [0.2, 0.25) is 5.91 Å². The molecule has 20 heavy (non-hydrogen) atoms. The third kappa shape index (κ3) is 5.52. The van der Waals surface area contributed by atoms with Crippen molar-refractivity contribution in [2.45, 2.75) is 40.0 Å². The Morgan fingerprint density at radius 3 is 2.60 bits per heavy atom. The van der Waals surface area contributed by atoms with E-state index in [1.54, 1.807) is 0 Å². The molecule has 1 unspecified atom stereocenters. The molecule has 1 aromatic rings. The van der Waals surface area contributed by atoms with Crippen LogP contribution < -0.4 is 16.6 Å². The largest absolute Gasteiger partial charge is 0.330 e. The monoisotopic (exact) mass is 280 g/mol. The van der Waals surface area contributed by atoms with Gasteiger partial charge in [-0.1, -0.05) is 20.8 Å². The Morgan fingerprint density at radius 1 is 1.40 bits per heavy atom. The van der Waals surface area contributed by atoms with Crippen molar-refractivity contribution >= 4 is 11.7 Å². The third-order valence-corrected chi connectivity index (χ3v) is 3.41. The van der Waals surface area contributed by atoms with Gasteiger partial charge in [-0.2, -0.15) is 5.10 Å². The predicted molar refractivity (Wildman–Crippen MR) is 79.3 cm³/mol. The zero-order chi connectivity index (χ0) is 15.2. The van der Waals surface area contributed by atoms with Crippen molar-refractivity contribution < 1.29 is 4.79 Å². The van der Waals surface area contributed by atoms with Gasteiger partial charge in [-0.3, -0.25) is 9.59 Å². The van der Waals surface area contributed by atoms with Crippen molar-refractivity contribution in [2.24, 2.45) is 17.1 Å². The summed E-state index contributed by atoms with van der Waals surface area (Å²) in [6.07, 6.45) is 2.12. The molecule has 1 amide bonds. The van der Waals surface area contributed by atoms with Gasteiger partial charge in [-0.15, -0.1) is 0 Å². The Bertz CT molecular complexity index is 470. The fraction of sp³-hybridized carbons (Fsp3) is 0.643. The van der Waals surface area contributed by atoms with E-state index in [2.05, 4.69) is 36.3 Å². The maximum atomic E-state index is 11.9. The molecule has 0 aliphatic carbocycles. The summed E-state index contributed by atoms with van der Waals surface area (Å²) in [7, 11) is 0. The Hall–Kier alpha value is -1.69. The number of amides is 1. The van der Waals surface area contributed by atoms with Crippen LogP contribution in [0, 0.1) is 11.3 Å². The number of carbonyl (C=O) groups is 1. The number of hydrogen-bond acceptors (Lipinski definition) is 4. The quantitative estimate of drug-likeness (QED) is 0.735. The summed E-state index contributed by atoms with van der Waals surface area (Å²) in [4.78, 5) is 22.7. The Morgan fingerprint density at radius 2 is 2.10 bits per heavy atom. The zero-order valence-corrected chi connectivity index (χ0v) is 12.4. The molecule has 0 bridgehead atoms. The van der Waals surface area contributed by atoms with Crippen molar-refractivity contribution in [2.75, 3.05) is 11.9 Å². The van der Waals surface area contributed by atoms with Crippen molar-refractivity contribution in [3.05, 3.63) is 22.5 Å². The average Bonchev–Trinajstić information content (AvgIpc) is 2.36. The van der Waals surface area contributed by atoms with Crippen LogP contribution in [0.3, 0.4) is 0 Å². The molecule has 1 heterocycles. The van der Waals surface area contributed by atoms with E-state index in [9.17, 15) is 9.59 Å². The SMILES string of the molecule is CC(C)(C)C(CCN)CCC(=O)Nc1ccc(=O)[nH]n1. The second-order valence-electron chi connectivity index (χ2n) is 6.03. The standard InChI is InChI=1S/C14H24N4O2/c1-14(2,3)10(8-9-15)4-6-12(19)16-11-5-7-13(20)18-17-11/h5,7,10H,4,6,8-9,15H2,1-3H3,(H,18,20)(H,16,17,19). The normalized spacial score (nSPS) is 13.0. The van der Waals surface area contributed by atoms with Crippen LogP contribution in [-0.4, -0.2) is 22.6 Å². The van der Waals surface area contributed by atoms with E-state index in [4.69, 9.17) is 5.73 Å². The van der Waals surface area contributed by atoms with Gasteiger partial charge in [0.05, 0.1) is 0 Å². The average molecular weight is 280 g/mol. The van der Waals surface area contributed by atoms with Gasteiger partial charge >= 0.3 is 0 Å². The van der Waals surface area contributed by atoms with Gasteiger partial charge in [-0.05, 0) is 36.8 Å². The van der Waals surface area contributed by atoms with Crippen LogP contribution >= 0.6 is 0 Å². The molecule has 1 atom stereocenters. The molecule has 112 valence electrons. The van der Waals surface area contributed by atoms with Gasteiger partial charge in [0.15, 0.2) is 5.82 Å². The minimum absolute atomic E-state index is 0.101. The fourth-order valence-electron chi connectivity index (χ4n) is 2.14. The van der Waals surface area contributed by atoms with E-state index in [-0.39, 0.29) is 16.9 Å². The molecular weight excluding hydrogens is 256 g/mol. The summed E-state index contributed by atoms with van der Waals surface area (Å²) in [5, 5.41) is 8.69. The molecule has 6 nitrogen and oxygen atoms in total. The highest BCUT2D eigenvalue weighted by Gasteiger charge is 2.24. The lowest BCUT2D eigenvalue weighted by Crippen LogP contribution is -2.25. The summed E-state index contributed by atoms with van der Waals surface area (Å²) in [5.41, 5.74) is 5.47. The molecular formula is C14H24N4O2. The zero-order valence-electron chi connectivity index (χ0n) is 12.4. The first-order valence-corrected chi connectivity index (χ1v) is 6.88.